The summed E-state index contributed by atoms with van der Waals surface area (Å²) in [6.45, 7) is 5.80. The molecule has 0 radical (unpaired) electrons. The Morgan fingerprint density at radius 2 is 2.11 bits per heavy atom. The summed E-state index contributed by atoms with van der Waals surface area (Å²) in [6.07, 6.45) is 1.57. The van der Waals surface area contributed by atoms with Gasteiger partial charge < -0.3 is 14.6 Å². The SMILES string of the molecule is CC(C)C1NC(=O)CN(C(C)c2ccco2)C1=O. The van der Waals surface area contributed by atoms with Crippen LogP contribution in [0.25, 0.3) is 0 Å². The second-order valence-corrected chi connectivity index (χ2v) is 4.95. The van der Waals surface area contributed by atoms with Gasteiger partial charge in [-0.15, -0.1) is 0 Å². The van der Waals surface area contributed by atoms with Crippen molar-refractivity contribution in [1.82, 2.24) is 10.2 Å². The monoisotopic (exact) mass is 250 g/mol. The molecule has 1 N–H and O–H groups in total. The van der Waals surface area contributed by atoms with Crippen molar-refractivity contribution in [2.24, 2.45) is 5.92 Å². The number of carbonyl (C=O) groups is 2. The molecule has 1 aromatic heterocycles. The highest BCUT2D eigenvalue weighted by molar-refractivity contribution is 5.95. The van der Waals surface area contributed by atoms with Gasteiger partial charge in [0.2, 0.25) is 11.8 Å². The Morgan fingerprint density at radius 1 is 1.39 bits per heavy atom. The van der Waals surface area contributed by atoms with Gasteiger partial charge in [0, 0.05) is 0 Å². The van der Waals surface area contributed by atoms with E-state index < -0.39 is 6.04 Å². The molecule has 0 spiro atoms. The fraction of sp³-hybridized carbons (Fsp3) is 0.538. The molecule has 2 heterocycles. The molecule has 1 aliphatic rings. The van der Waals surface area contributed by atoms with Crippen LogP contribution in [0.5, 0.6) is 0 Å². The molecule has 18 heavy (non-hydrogen) atoms. The number of amides is 2. The van der Waals surface area contributed by atoms with E-state index in [1.165, 1.54) is 0 Å². The van der Waals surface area contributed by atoms with Crippen molar-refractivity contribution in [3.8, 4) is 0 Å². The average Bonchev–Trinajstić information content (AvgIpc) is 2.84. The van der Waals surface area contributed by atoms with Crippen LogP contribution in [0.2, 0.25) is 0 Å². The molecule has 0 aromatic carbocycles. The van der Waals surface area contributed by atoms with Crippen LogP contribution in [0.15, 0.2) is 22.8 Å². The second kappa shape index (κ2) is 4.84. The maximum atomic E-state index is 12.3. The Morgan fingerprint density at radius 3 is 2.67 bits per heavy atom. The van der Waals surface area contributed by atoms with Crippen LogP contribution < -0.4 is 5.32 Å². The number of piperazine rings is 1. The van der Waals surface area contributed by atoms with Crippen LogP contribution in [0.3, 0.4) is 0 Å². The first-order chi connectivity index (χ1) is 8.50. The molecule has 0 saturated carbocycles. The zero-order valence-electron chi connectivity index (χ0n) is 10.8. The minimum absolute atomic E-state index is 0.0477. The molecule has 2 unspecified atom stereocenters. The summed E-state index contributed by atoms with van der Waals surface area (Å²) in [4.78, 5) is 25.6. The lowest BCUT2D eigenvalue weighted by Crippen LogP contribution is -2.60. The van der Waals surface area contributed by atoms with E-state index in [-0.39, 0.29) is 30.3 Å². The van der Waals surface area contributed by atoms with Crippen LogP contribution in [0.1, 0.15) is 32.6 Å². The highest BCUT2D eigenvalue weighted by Crippen LogP contribution is 2.24. The third kappa shape index (κ3) is 2.25. The number of carbonyl (C=O) groups excluding carboxylic acids is 2. The quantitative estimate of drug-likeness (QED) is 0.880. The molecular weight excluding hydrogens is 232 g/mol. The number of nitrogens with one attached hydrogen (secondary N) is 1. The maximum Gasteiger partial charge on any atom is 0.246 e. The number of nitrogens with zero attached hydrogens (tertiary/aromatic N) is 1. The van der Waals surface area contributed by atoms with Crippen molar-refractivity contribution in [3.05, 3.63) is 24.2 Å². The highest BCUT2D eigenvalue weighted by atomic mass is 16.3. The lowest BCUT2D eigenvalue weighted by atomic mass is 9.99. The first kappa shape index (κ1) is 12.7. The van der Waals surface area contributed by atoms with Gasteiger partial charge in [0.1, 0.15) is 18.3 Å². The molecule has 2 rings (SSSR count). The standard InChI is InChI=1S/C13H18N2O3/c1-8(2)12-13(17)15(7-11(16)14-12)9(3)10-5-4-6-18-10/h4-6,8-9,12H,7H2,1-3H3,(H,14,16). The van der Waals surface area contributed by atoms with E-state index in [1.54, 1.807) is 17.2 Å². The van der Waals surface area contributed by atoms with E-state index in [0.717, 1.165) is 0 Å². The summed E-state index contributed by atoms with van der Waals surface area (Å²) in [6, 6.07) is 2.93. The van der Waals surface area contributed by atoms with Gasteiger partial charge >= 0.3 is 0 Å². The second-order valence-electron chi connectivity index (χ2n) is 4.95. The van der Waals surface area contributed by atoms with Gasteiger partial charge in [0.25, 0.3) is 0 Å². The van der Waals surface area contributed by atoms with Crippen molar-refractivity contribution in [1.29, 1.82) is 0 Å². The molecule has 0 bridgehead atoms. The minimum Gasteiger partial charge on any atom is -0.467 e. The zero-order chi connectivity index (χ0) is 13.3. The first-order valence-electron chi connectivity index (χ1n) is 6.14. The van der Waals surface area contributed by atoms with Crippen molar-refractivity contribution < 1.29 is 14.0 Å². The van der Waals surface area contributed by atoms with Crippen molar-refractivity contribution in [2.45, 2.75) is 32.9 Å². The molecular formula is C13H18N2O3. The number of hydrogen-bond acceptors (Lipinski definition) is 3. The fourth-order valence-electron chi connectivity index (χ4n) is 2.15. The Bertz CT molecular complexity index is 439. The summed E-state index contributed by atoms with van der Waals surface area (Å²) in [5.74, 6) is 0.605. The molecule has 1 aromatic rings. The van der Waals surface area contributed by atoms with Crippen molar-refractivity contribution in [3.63, 3.8) is 0 Å². The zero-order valence-corrected chi connectivity index (χ0v) is 10.8. The maximum absolute atomic E-state index is 12.3. The van der Waals surface area contributed by atoms with Crippen LogP contribution in [0.4, 0.5) is 0 Å². The number of hydrogen-bond donors (Lipinski definition) is 1. The average molecular weight is 250 g/mol. The predicted molar refractivity (Wildman–Crippen MR) is 65.6 cm³/mol. The molecule has 1 fully saturated rings. The van der Waals surface area contributed by atoms with Crippen LogP contribution >= 0.6 is 0 Å². The molecule has 1 aliphatic heterocycles. The first-order valence-corrected chi connectivity index (χ1v) is 6.14. The largest absolute Gasteiger partial charge is 0.467 e. The summed E-state index contributed by atoms with van der Waals surface area (Å²) in [7, 11) is 0. The Hall–Kier alpha value is -1.78. The van der Waals surface area contributed by atoms with E-state index in [1.807, 2.05) is 26.8 Å². The number of furan rings is 1. The van der Waals surface area contributed by atoms with E-state index in [2.05, 4.69) is 5.32 Å². The van der Waals surface area contributed by atoms with Gasteiger partial charge in [-0.2, -0.15) is 0 Å². The van der Waals surface area contributed by atoms with E-state index >= 15 is 0 Å². The van der Waals surface area contributed by atoms with Gasteiger partial charge in [0.15, 0.2) is 0 Å². The predicted octanol–water partition coefficient (Wildman–Crippen LogP) is 1.32. The third-order valence-corrected chi connectivity index (χ3v) is 3.27. The molecule has 2 amide bonds. The van der Waals surface area contributed by atoms with Crippen molar-refractivity contribution >= 4 is 11.8 Å². The lowest BCUT2D eigenvalue weighted by molar-refractivity contribution is -0.148. The van der Waals surface area contributed by atoms with Crippen molar-refractivity contribution in [2.75, 3.05) is 6.54 Å². The van der Waals surface area contributed by atoms with E-state index in [4.69, 9.17) is 4.42 Å². The van der Waals surface area contributed by atoms with Crippen LogP contribution in [-0.2, 0) is 9.59 Å². The van der Waals surface area contributed by atoms with Gasteiger partial charge in [-0.1, -0.05) is 13.8 Å². The minimum atomic E-state index is -0.441. The van der Waals surface area contributed by atoms with E-state index in [0.29, 0.717) is 5.76 Å². The summed E-state index contributed by atoms with van der Waals surface area (Å²) in [5.41, 5.74) is 0. The molecule has 5 heteroatoms. The molecule has 5 nitrogen and oxygen atoms in total. The topological polar surface area (TPSA) is 62.6 Å². The normalized spacial score (nSPS) is 22.2. The van der Waals surface area contributed by atoms with Gasteiger partial charge in [-0.05, 0) is 25.0 Å². The Kier molecular flexibility index (Phi) is 3.41. The summed E-state index contributed by atoms with van der Waals surface area (Å²) in [5, 5.41) is 2.73. The Balaban J connectivity index is 2.21. The number of rotatable bonds is 3. The van der Waals surface area contributed by atoms with Crippen LogP contribution in [0, 0.1) is 5.92 Å². The molecule has 0 aliphatic carbocycles. The van der Waals surface area contributed by atoms with Crippen LogP contribution in [-0.4, -0.2) is 29.3 Å². The fourth-order valence-corrected chi connectivity index (χ4v) is 2.15. The van der Waals surface area contributed by atoms with Gasteiger partial charge in [-0.25, -0.2) is 0 Å². The Labute approximate surface area is 106 Å². The summed E-state index contributed by atoms with van der Waals surface area (Å²) < 4.78 is 5.30. The molecule has 98 valence electrons. The highest BCUT2D eigenvalue weighted by Gasteiger charge is 2.37. The van der Waals surface area contributed by atoms with Gasteiger partial charge in [0.05, 0.1) is 12.3 Å². The third-order valence-electron chi connectivity index (χ3n) is 3.27. The lowest BCUT2D eigenvalue weighted by Gasteiger charge is -2.37. The smallest absolute Gasteiger partial charge is 0.246 e. The molecule has 2 atom stereocenters. The molecule has 1 saturated heterocycles. The van der Waals surface area contributed by atoms with Gasteiger partial charge in [-0.3, -0.25) is 9.59 Å². The van der Waals surface area contributed by atoms with E-state index in [9.17, 15) is 9.59 Å². The summed E-state index contributed by atoms with van der Waals surface area (Å²) >= 11 is 0.